The minimum Gasteiger partial charge on any atom is -0.468 e. The Labute approximate surface area is 76.3 Å². The van der Waals surface area contributed by atoms with Gasteiger partial charge in [0.2, 0.25) is 0 Å². The second-order valence-electron chi connectivity index (χ2n) is 3.51. The van der Waals surface area contributed by atoms with E-state index in [9.17, 15) is 13.6 Å². The van der Waals surface area contributed by atoms with Crippen LogP contribution in [0.25, 0.3) is 0 Å². The van der Waals surface area contributed by atoms with Crippen molar-refractivity contribution in [1.82, 2.24) is 0 Å². The minimum absolute atomic E-state index is 0.261. The third-order valence-corrected chi connectivity index (χ3v) is 2.76. The number of hydrogen-bond acceptors (Lipinski definition) is 2. The molecular weight excluding hydrogens is 178 g/mol. The Hall–Kier alpha value is -0.670. The molecule has 4 heteroatoms. The van der Waals surface area contributed by atoms with E-state index in [2.05, 4.69) is 4.74 Å². The van der Waals surface area contributed by atoms with Crippen LogP contribution in [0, 0.1) is 5.41 Å². The lowest BCUT2D eigenvalue weighted by atomic mass is 9.74. The summed E-state index contributed by atoms with van der Waals surface area (Å²) in [5.41, 5.74) is -1.51. The van der Waals surface area contributed by atoms with Crippen molar-refractivity contribution in [2.24, 2.45) is 5.41 Å². The molecule has 0 spiro atoms. The number of rotatable bonds is 2. The molecule has 2 nitrogen and oxygen atoms in total. The van der Waals surface area contributed by atoms with Crippen molar-refractivity contribution in [2.45, 2.75) is 38.5 Å². The van der Waals surface area contributed by atoms with Gasteiger partial charge in [-0.05, 0) is 12.8 Å². The van der Waals surface area contributed by atoms with Crippen LogP contribution in [0.3, 0.4) is 0 Å². The monoisotopic (exact) mass is 192 g/mol. The minimum atomic E-state index is -2.60. The van der Waals surface area contributed by atoms with Crippen LogP contribution in [-0.4, -0.2) is 19.5 Å². The molecule has 0 unspecified atom stereocenters. The number of carbonyl (C=O) groups is 1. The van der Waals surface area contributed by atoms with E-state index in [4.69, 9.17) is 0 Å². The molecule has 0 radical (unpaired) electrons. The maximum atomic E-state index is 12.7. The van der Waals surface area contributed by atoms with Crippen LogP contribution in [0.1, 0.15) is 32.1 Å². The summed E-state index contributed by atoms with van der Waals surface area (Å²) in [6, 6.07) is 0. The van der Waals surface area contributed by atoms with Gasteiger partial charge in [0.25, 0.3) is 6.43 Å². The molecule has 0 aromatic carbocycles. The number of methoxy groups -OCH3 is 1. The second kappa shape index (κ2) is 4.03. The fraction of sp³-hybridized carbons (Fsp3) is 0.889. The van der Waals surface area contributed by atoms with E-state index in [1.165, 1.54) is 7.11 Å². The zero-order valence-corrected chi connectivity index (χ0v) is 7.69. The Kier molecular flexibility index (Phi) is 3.22. The summed E-state index contributed by atoms with van der Waals surface area (Å²) in [6.07, 6.45) is 0.249. The van der Waals surface area contributed by atoms with Crippen LogP contribution in [0.4, 0.5) is 8.78 Å². The molecule has 13 heavy (non-hydrogen) atoms. The quantitative estimate of drug-likeness (QED) is 0.628. The van der Waals surface area contributed by atoms with Crippen molar-refractivity contribution in [3.05, 3.63) is 0 Å². The van der Waals surface area contributed by atoms with Crippen molar-refractivity contribution in [3.8, 4) is 0 Å². The highest BCUT2D eigenvalue weighted by Gasteiger charge is 2.48. The Morgan fingerprint density at radius 3 is 2.23 bits per heavy atom. The molecule has 76 valence electrons. The Bertz CT molecular complexity index is 186. The highest BCUT2D eigenvalue weighted by atomic mass is 19.3. The number of carbonyl (C=O) groups excluding carboxylic acids is 1. The Morgan fingerprint density at radius 1 is 1.31 bits per heavy atom. The third-order valence-electron chi connectivity index (χ3n) is 2.76. The molecular formula is C9H14F2O2. The van der Waals surface area contributed by atoms with E-state index in [1.807, 2.05) is 0 Å². The summed E-state index contributed by atoms with van der Waals surface area (Å²) in [7, 11) is 1.17. The molecule has 1 rings (SSSR count). The highest BCUT2D eigenvalue weighted by Crippen LogP contribution is 2.42. The summed E-state index contributed by atoms with van der Waals surface area (Å²) in [5.74, 6) is -0.748. The summed E-state index contributed by atoms with van der Waals surface area (Å²) in [5, 5.41) is 0. The van der Waals surface area contributed by atoms with Crippen molar-refractivity contribution in [1.29, 1.82) is 0 Å². The highest BCUT2D eigenvalue weighted by molar-refractivity contribution is 5.77. The molecule has 1 fully saturated rings. The van der Waals surface area contributed by atoms with Gasteiger partial charge in [0.15, 0.2) is 0 Å². The molecule has 0 aliphatic heterocycles. The fourth-order valence-corrected chi connectivity index (χ4v) is 1.90. The molecule has 1 aliphatic carbocycles. The van der Waals surface area contributed by atoms with Crippen LogP contribution in [-0.2, 0) is 9.53 Å². The van der Waals surface area contributed by atoms with Crippen LogP contribution >= 0.6 is 0 Å². The van der Waals surface area contributed by atoms with E-state index in [-0.39, 0.29) is 12.8 Å². The largest absolute Gasteiger partial charge is 0.468 e. The van der Waals surface area contributed by atoms with Crippen LogP contribution in [0.15, 0.2) is 0 Å². The predicted octanol–water partition coefficient (Wildman–Crippen LogP) is 2.38. The van der Waals surface area contributed by atoms with Crippen molar-refractivity contribution in [3.63, 3.8) is 0 Å². The van der Waals surface area contributed by atoms with E-state index in [0.29, 0.717) is 12.8 Å². The summed E-state index contributed by atoms with van der Waals surface area (Å²) in [6.45, 7) is 0. The molecule has 0 aromatic rings. The maximum absolute atomic E-state index is 12.7. The van der Waals surface area contributed by atoms with E-state index < -0.39 is 17.8 Å². The predicted molar refractivity (Wildman–Crippen MR) is 43.5 cm³/mol. The molecule has 1 aliphatic rings. The first kappa shape index (κ1) is 10.4. The van der Waals surface area contributed by atoms with Gasteiger partial charge in [-0.25, -0.2) is 8.78 Å². The zero-order valence-electron chi connectivity index (χ0n) is 7.69. The van der Waals surface area contributed by atoms with Crippen molar-refractivity contribution >= 4 is 5.97 Å². The number of hydrogen-bond donors (Lipinski definition) is 0. The lowest BCUT2D eigenvalue weighted by Gasteiger charge is -2.33. The van der Waals surface area contributed by atoms with Crippen LogP contribution in [0.2, 0.25) is 0 Å². The summed E-state index contributed by atoms with van der Waals surface area (Å²) in [4.78, 5) is 11.2. The molecule has 1 saturated carbocycles. The standard InChI is InChI=1S/C9H14F2O2/c1-13-8(12)9(7(10)11)5-3-2-4-6-9/h7H,2-6H2,1H3. The fourth-order valence-electron chi connectivity index (χ4n) is 1.90. The Morgan fingerprint density at radius 2 is 1.85 bits per heavy atom. The average molecular weight is 192 g/mol. The van der Waals surface area contributed by atoms with Gasteiger partial charge in [0.1, 0.15) is 5.41 Å². The van der Waals surface area contributed by atoms with E-state index in [0.717, 1.165) is 6.42 Å². The van der Waals surface area contributed by atoms with Crippen molar-refractivity contribution < 1.29 is 18.3 Å². The topological polar surface area (TPSA) is 26.3 Å². The van der Waals surface area contributed by atoms with Crippen molar-refractivity contribution in [2.75, 3.05) is 7.11 Å². The van der Waals surface area contributed by atoms with Gasteiger partial charge in [-0.1, -0.05) is 19.3 Å². The number of halogens is 2. The van der Waals surface area contributed by atoms with Gasteiger partial charge in [-0.3, -0.25) is 4.79 Å². The first-order chi connectivity index (χ1) is 6.13. The van der Waals surface area contributed by atoms with Gasteiger partial charge in [-0.15, -0.1) is 0 Å². The third kappa shape index (κ3) is 1.81. The molecule has 0 atom stereocenters. The van der Waals surface area contributed by atoms with Crippen LogP contribution < -0.4 is 0 Å². The van der Waals surface area contributed by atoms with Crippen LogP contribution in [0.5, 0.6) is 0 Å². The summed E-state index contributed by atoms with van der Waals surface area (Å²) >= 11 is 0. The number of esters is 1. The van der Waals surface area contributed by atoms with Gasteiger partial charge in [-0.2, -0.15) is 0 Å². The molecule has 0 bridgehead atoms. The normalized spacial score (nSPS) is 21.5. The maximum Gasteiger partial charge on any atom is 0.317 e. The SMILES string of the molecule is COC(=O)C1(C(F)F)CCCCC1. The lowest BCUT2D eigenvalue weighted by Crippen LogP contribution is -2.40. The van der Waals surface area contributed by atoms with Gasteiger partial charge in [0.05, 0.1) is 7.11 Å². The van der Waals surface area contributed by atoms with Gasteiger partial charge < -0.3 is 4.74 Å². The molecule has 0 saturated heterocycles. The molecule has 0 N–H and O–H groups in total. The number of ether oxygens (including phenoxy) is 1. The smallest absolute Gasteiger partial charge is 0.317 e. The lowest BCUT2D eigenvalue weighted by molar-refractivity contribution is -0.167. The van der Waals surface area contributed by atoms with Gasteiger partial charge >= 0.3 is 5.97 Å². The molecule has 0 amide bonds. The Balaban J connectivity index is 2.79. The van der Waals surface area contributed by atoms with Gasteiger partial charge in [0, 0.05) is 0 Å². The van der Waals surface area contributed by atoms with E-state index in [1.54, 1.807) is 0 Å². The zero-order chi connectivity index (χ0) is 9.90. The molecule has 0 heterocycles. The number of alkyl halides is 2. The molecule has 0 aromatic heterocycles. The summed E-state index contributed by atoms with van der Waals surface area (Å²) < 4.78 is 29.9. The first-order valence-electron chi connectivity index (χ1n) is 4.50. The van der Waals surface area contributed by atoms with E-state index >= 15 is 0 Å². The first-order valence-corrected chi connectivity index (χ1v) is 4.50. The average Bonchev–Trinajstić information content (AvgIpc) is 2.17. The second-order valence-corrected chi connectivity index (χ2v) is 3.51.